The zero-order chi connectivity index (χ0) is 22.6. The molecule has 0 bridgehead atoms. The summed E-state index contributed by atoms with van der Waals surface area (Å²) in [4.78, 5) is 20.9. The standard InChI is InChI=1S/C24H25N7O/c1-5-16-6-19(22(25)32)28-20-15(3)12-31(21(16)20)18-7-17(10-26-11-18)24(8-14(2)9-24)23-29-27-13-30(23)4/h5-7,10-14H,1,8-9H2,2-4H3,(H2,25,32). The van der Waals surface area contributed by atoms with Crippen LogP contribution in [0.1, 0.15) is 52.8 Å². The lowest BCUT2D eigenvalue weighted by Gasteiger charge is -2.45. The average molecular weight is 428 g/mol. The molecular formula is C24H25N7O. The fraction of sp³-hybridized carbons (Fsp3) is 0.292. The smallest absolute Gasteiger partial charge is 0.267 e. The molecule has 162 valence electrons. The number of primary amides is 1. The van der Waals surface area contributed by atoms with Gasteiger partial charge in [0.15, 0.2) is 0 Å². The Labute approximate surface area is 185 Å². The van der Waals surface area contributed by atoms with Crippen LogP contribution in [0.25, 0.3) is 22.8 Å². The van der Waals surface area contributed by atoms with Gasteiger partial charge in [0.25, 0.3) is 5.91 Å². The molecule has 8 heteroatoms. The maximum absolute atomic E-state index is 11.8. The van der Waals surface area contributed by atoms with E-state index < -0.39 is 5.91 Å². The zero-order valence-corrected chi connectivity index (χ0v) is 18.4. The number of nitrogens with zero attached hydrogens (tertiary/aromatic N) is 6. The van der Waals surface area contributed by atoms with E-state index in [0.29, 0.717) is 5.92 Å². The summed E-state index contributed by atoms with van der Waals surface area (Å²) in [5.41, 5.74) is 10.9. The van der Waals surface area contributed by atoms with Gasteiger partial charge >= 0.3 is 0 Å². The van der Waals surface area contributed by atoms with Crippen molar-refractivity contribution in [2.24, 2.45) is 18.7 Å². The number of hydrogen-bond acceptors (Lipinski definition) is 5. The Bertz CT molecular complexity index is 1370. The number of hydrogen-bond donors (Lipinski definition) is 1. The second-order valence-electron chi connectivity index (χ2n) is 8.84. The van der Waals surface area contributed by atoms with Crippen molar-refractivity contribution < 1.29 is 4.79 Å². The van der Waals surface area contributed by atoms with E-state index in [2.05, 4.69) is 44.3 Å². The van der Waals surface area contributed by atoms with E-state index in [1.54, 1.807) is 18.5 Å². The molecular weight excluding hydrogens is 402 g/mol. The monoisotopic (exact) mass is 427 g/mol. The first-order valence-electron chi connectivity index (χ1n) is 10.6. The van der Waals surface area contributed by atoms with Crippen molar-refractivity contribution in [3.8, 4) is 5.69 Å². The van der Waals surface area contributed by atoms with Gasteiger partial charge in [-0.3, -0.25) is 9.78 Å². The van der Waals surface area contributed by atoms with Crippen LogP contribution in [-0.4, -0.2) is 35.2 Å². The molecule has 0 unspecified atom stereocenters. The summed E-state index contributed by atoms with van der Waals surface area (Å²) in [6.07, 6.45) is 11.2. The Hall–Kier alpha value is -3.81. The molecule has 0 spiro atoms. The Balaban J connectivity index is 1.70. The summed E-state index contributed by atoms with van der Waals surface area (Å²) in [7, 11) is 1.98. The van der Waals surface area contributed by atoms with E-state index in [-0.39, 0.29) is 11.1 Å². The molecule has 0 atom stereocenters. The summed E-state index contributed by atoms with van der Waals surface area (Å²) in [5, 5.41) is 8.56. The molecule has 1 fully saturated rings. The number of aryl methyl sites for hydroxylation is 2. The van der Waals surface area contributed by atoms with Crippen LogP contribution in [-0.2, 0) is 12.5 Å². The van der Waals surface area contributed by atoms with Gasteiger partial charge in [-0.2, -0.15) is 0 Å². The lowest BCUT2D eigenvalue weighted by atomic mass is 9.59. The number of nitrogens with two attached hydrogens (primary N) is 1. The van der Waals surface area contributed by atoms with Crippen LogP contribution in [0.4, 0.5) is 0 Å². The normalized spacial score (nSPS) is 20.3. The van der Waals surface area contributed by atoms with E-state index in [1.807, 2.05) is 37.1 Å². The molecule has 4 aromatic heterocycles. The molecule has 2 N–H and O–H groups in total. The van der Waals surface area contributed by atoms with Gasteiger partial charge in [-0.05, 0) is 48.9 Å². The van der Waals surface area contributed by atoms with Crippen molar-refractivity contribution in [3.05, 3.63) is 71.8 Å². The third kappa shape index (κ3) is 2.86. The van der Waals surface area contributed by atoms with Crippen LogP contribution >= 0.6 is 0 Å². The topological polar surface area (TPSA) is 105 Å². The van der Waals surface area contributed by atoms with Gasteiger partial charge in [-0.15, -0.1) is 10.2 Å². The van der Waals surface area contributed by atoms with Crippen LogP contribution in [0.3, 0.4) is 0 Å². The minimum atomic E-state index is -0.560. The van der Waals surface area contributed by atoms with Crippen molar-refractivity contribution >= 4 is 23.0 Å². The molecule has 0 radical (unpaired) electrons. The lowest BCUT2D eigenvalue weighted by molar-refractivity contribution is 0.0996. The number of rotatable bonds is 5. The van der Waals surface area contributed by atoms with E-state index in [1.165, 1.54) is 0 Å². The van der Waals surface area contributed by atoms with Gasteiger partial charge < -0.3 is 14.9 Å². The first-order chi connectivity index (χ1) is 15.3. The Morgan fingerprint density at radius 2 is 2.09 bits per heavy atom. The summed E-state index contributed by atoms with van der Waals surface area (Å²) < 4.78 is 4.06. The number of aromatic nitrogens is 6. The SMILES string of the molecule is C=Cc1cc(C(N)=O)nc2c(C)cn(-c3cncc(C4(c5nncn5C)CC(C)C4)c3)c12. The van der Waals surface area contributed by atoms with Crippen molar-refractivity contribution in [2.75, 3.05) is 0 Å². The predicted molar refractivity (Wildman–Crippen MR) is 122 cm³/mol. The van der Waals surface area contributed by atoms with Crippen LogP contribution in [0.15, 0.2) is 43.6 Å². The largest absolute Gasteiger partial charge is 0.364 e. The molecule has 0 aliphatic heterocycles. The number of pyridine rings is 2. The van der Waals surface area contributed by atoms with Crippen LogP contribution in [0.2, 0.25) is 0 Å². The first kappa shape index (κ1) is 20.1. The third-order valence-corrected chi connectivity index (χ3v) is 6.52. The first-order valence-corrected chi connectivity index (χ1v) is 10.6. The van der Waals surface area contributed by atoms with E-state index in [9.17, 15) is 4.79 Å². The molecule has 1 aliphatic carbocycles. The fourth-order valence-electron chi connectivity index (χ4n) is 5.11. The molecule has 0 aromatic carbocycles. The number of fused-ring (bicyclic) bond motifs is 1. The summed E-state index contributed by atoms with van der Waals surface area (Å²) in [6.45, 7) is 8.15. The van der Waals surface area contributed by atoms with Gasteiger partial charge in [0.1, 0.15) is 17.8 Å². The molecule has 1 saturated carbocycles. The average Bonchev–Trinajstić information content (AvgIpc) is 3.34. The highest BCUT2D eigenvalue weighted by Crippen LogP contribution is 2.51. The Morgan fingerprint density at radius 1 is 1.31 bits per heavy atom. The molecule has 1 aliphatic rings. The van der Waals surface area contributed by atoms with Crippen LogP contribution in [0, 0.1) is 12.8 Å². The van der Waals surface area contributed by atoms with Crippen LogP contribution < -0.4 is 5.73 Å². The van der Waals surface area contributed by atoms with E-state index in [0.717, 1.165) is 52.1 Å². The number of carbonyl (C=O) groups is 1. The second kappa shape index (κ2) is 7.12. The van der Waals surface area contributed by atoms with Gasteiger partial charge in [-0.25, -0.2) is 4.98 Å². The molecule has 32 heavy (non-hydrogen) atoms. The summed E-state index contributed by atoms with van der Waals surface area (Å²) in [5.74, 6) is 1.01. The van der Waals surface area contributed by atoms with Crippen molar-refractivity contribution in [2.45, 2.75) is 32.1 Å². The number of carbonyl (C=O) groups excluding carboxylic acids is 1. The van der Waals surface area contributed by atoms with Gasteiger partial charge in [0, 0.05) is 25.0 Å². The molecule has 0 saturated heterocycles. The maximum atomic E-state index is 11.8. The van der Waals surface area contributed by atoms with E-state index >= 15 is 0 Å². The molecule has 1 amide bonds. The van der Waals surface area contributed by atoms with Crippen molar-refractivity contribution in [1.29, 1.82) is 0 Å². The minimum Gasteiger partial charge on any atom is -0.364 e. The Kier molecular flexibility index (Phi) is 4.47. The molecule has 5 rings (SSSR count). The highest BCUT2D eigenvalue weighted by molar-refractivity contribution is 5.97. The minimum absolute atomic E-state index is 0.204. The van der Waals surface area contributed by atoms with Gasteiger partial charge in [-0.1, -0.05) is 19.6 Å². The highest BCUT2D eigenvalue weighted by Gasteiger charge is 2.48. The van der Waals surface area contributed by atoms with Crippen molar-refractivity contribution in [1.82, 2.24) is 29.3 Å². The summed E-state index contributed by atoms with van der Waals surface area (Å²) >= 11 is 0. The molecule has 8 nitrogen and oxygen atoms in total. The van der Waals surface area contributed by atoms with Crippen LogP contribution in [0.5, 0.6) is 0 Å². The third-order valence-electron chi connectivity index (χ3n) is 6.52. The predicted octanol–water partition coefficient (Wildman–Crippen LogP) is 3.32. The van der Waals surface area contributed by atoms with Crippen molar-refractivity contribution in [3.63, 3.8) is 0 Å². The second-order valence-corrected chi connectivity index (χ2v) is 8.84. The maximum Gasteiger partial charge on any atom is 0.267 e. The zero-order valence-electron chi connectivity index (χ0n) is 18.4. The quantitative estimate of drug-likeness (QED) is 0.526. The molecule has 4 aromatic rings. The van der Waals surface area contributed by atoms with Gasteiger partial charge in [0.05, 0.1) is 28.3 Å². The fourth-order valence-corrected chi connectivity index (χ4v) is 5.11. The summed E-state index contributed by atoms with van der Waals surface area (Å²) in [6, 6.07) is 3.85. The lowest BCUT2D eigenvalue weighted by Crippen LogP contribution is -2.43. The Morgan fingerprint density at radius 3 is 2.72 bits per heavy atom. The van der Waals surface area contributed by atoms with E-state index in [4.69, 9.17) is 5.73 Å². The highest BCUT2D eigenvalue weighted by atomic mass is 16.1. The molecule has 4 heterocycles. The van der Waals surface area contributed by atoms with Gasteiger partial charge in [0.2, 0.25) is 0 Å². The number of amides is 1.